The van der Waals surface area contributed by atoms with Crippen molar-refractivity contribution in [1.29, 1.82) is 0 Å². The van der Waals surface area contributed by atoms with Gasteiger partial charge in [-0.25, -0.2) is 0 Å². The summed E-state index contributed by atoms with van der Waals surface area (Å²) in [6.07, 6.45) is 1.35. The Balaban J connectivity index is 1.98. The molecule has 1 heterocycles. The van der Waals surface area contributed by atoms with Gasteiger partial charge in [-0.2, -0.15) is 0 Å². The van der Waals surface area contributed by atoms with E-state index in [4.69, 9.17) is 0 Å². The highest BCUT2D eigenvalue weighted by Gasteiger charge is 2.12. The van der Waals surface area contributed by atoms with Crippen molar-refractivity contribution in [3.05, 3.63) is 0 Å². The summed E-state index contributed by atoms with van der Waals surface area (Å²) in [4.78, 5) is 0. The first-order valence-corrected chi connectivity index (χ1v) is 3.85. The van der Waals surface area contributed by atoms with Crippen molar-refractivity contribution in [1.82, 2.24) is 10.6 Å². The van der Waals surface area contributed by atoms with Gasteiger partial charge in [0.15, 0.2) is 0 Å². The molecule has 0 aromatic carbocycles. The van der Waals surface area contributed by atoms with Crippen molar-refractivity contribution in [2.45, 2.75) is 13.3 Å². The monoisotopic (exact) mass is 128 g/mol. The van der Waals surface area contributed by atoms with Crippen LogP contribution >= 0.6 is 0 Å². The maximum absolute atomic E-state index is 3.35. The lowest BCUT2D eigenvalue weighted by Crippen LogP contribution is -2.23. The fourth-order valence-electron chi connectivity index (χ4n) is 1.24. The van der Waals surface area contributed by atoms with E-state index in [1.807, 2.05) is 0 Å². The lowest BCUT2D eigenvalue weighted by molar-refractivity contribution is 0.523. The Labute approximate surface area is 57.0 Å². The third-order valence-corrected chi connectivity index (χ3v) is 1.85. The standard InChI is InChI=1S/C7H16N2/c1-2-8-5-7-3-4-9-6-7/h7-9H,2-6H2,1H3/t7-/m0/s1. The van der Waals surface area contributed by atoms with Gasteiger partial charge in [-0.1, -0.05) is 6.92 Å². The van der Waals surface area contributed by atoms with Crippen LogP contribution in [-0.2, 0) is 0 Å². The molecule has 1 rings (SSSR count). The molecule has 1 aliphatic heterocycles. The SMILES string of the molecule is CCNC[C@@H]1CCNC1. The molecule has 9 heavy (non-hydrogen) atoms. The molecule has 2 N–H and O–H groups in total. The Morgan fingerprint density at radius 2 is 2.56 bits per heavy atom. The number of hydrogen-bond donors (Lipinski definition) is 2. The first-order chi connectivity index (χ1) is 4.43. The van der Waals surface area contributed by atoms with Gasteiger partial charge < -0.3 is 10.6 Å². The molecular weight excluding hydrogens is 112 g/mol. The summed E-state index contributed by atoms with van der Waals surface area (Å²) in [7, 11) is 0. The van der Waals surface area contributed by atoms with Crippen LogP contribution in [0.25, 0.3) is 0 Å². The summed E-state index contributed by atoms with van der Waals surface area (Å²) in [5, 5.41) is 6.69. The minimum atomic E-state index is 0.893. The molecule has 0 amide bonds. The lowest BCUT2D eigenvalue weighted by Gasteiger charge is -2.06. The highest BCUT2D eigenvalue weighted by Crippen LogP contribution is 2.04. The van der Waals surface area contributed by atoms with Crippen LogP contribution in [0.15, 0.2) is 0 Å². The smallest absolute Gasteiger partial charge is 0.000790 e. The second-order valence-corrected chi connectivity index (χ2v) is 2.67. The Morgan fingerprint density at radius 3 is 3.11 bits per heavy atom. The first-order valence-electron chi connectivity index (χ1n) is 3.85. The summed E-state index contributed by atoms with van der Waals surface area (Å²) in [6, 6.07) is 0. The molecule has 0 spiro atoms. The number of rotatable bonds is 3. The Kier molecular flexibility index (Phi) is 3.01. The van der Waals surface area contributed by atoms with Gasteiger partial charge in [0.1, 0.15) is 0 Å². The van der Waals surface area contributed by atoms with Gasteiger partial charge in [-0.15, -0.1) is 0 Å². The van der Waals surface area contributed by atoms with E-state index in [1.54, 1.807) is 0 Å². The highest BCUT2D eigenvalue weighted by molar-refractivity contribution is 4.72. The molecule has 0 aromatic rings. The number of hydrogen-bond acceptors (Lipinski definition) is 2. The molecule has 0 radical (unpaired) electrons. The molecule has 1 atom stereocenters. The molecule has 0 aliphatic carbocycles. The Morgan fingerprint density at radius 1 is 1.67 bits per heavy atom. The zero-order chi connectivity index (χ0) is 6.53. The van der Waals surface area contributed by atoms with Crippen LogP contribution in [0.5, 0.6) is 0 Å². The van der Waals surface area contributed by atoms with E-state index >= 15 is 0 Å². The van der Waals surface area contributed by atoms with Crippen LogP contribution in [0.4, 0.5) is 0 Å². The van der Waals surface area contributed by atoms with Crippen molar-refractivity contribution < 1.29 is 0 Å². The maximum atomic E-state index is 3.35. The molecule has 0 unspecified atom stereocenters. The summed E-state index contributed by atoms with van der Waals surface area (Å²) in [6.45, 7) is 6.89. The van der Waals surface area contributed by atoms with Crippen LogP contribution in [0.2, 0.25) is 0 Å². The molecule has 1 saturated heterocycles. The molecule has 2 nitrogen and oxygen atoms in total. The minimum absolute atomic E-state index is 0.893. The van der Waals surface area contributed by atoms with Crippen LogP contribution in [-0.4, -0.2) is 26.2 Å². The van der Waals surface area contributed by atoms with E-state index in [-0.39, 0.29) is 0 Å². The Hall–Kier alpha value is -0.0800. The maximum Gasteiger partial charge on any atom is -0.000790 e. The average Bonchev–Trinajstić information content (AvgIpc) is 2.34. The van der Waals surface area contributed by atoms with Crippen molar-refractivity contribution in [3.8, 4) is 0 Å². The second-order valence-electron chi connectivity index (χ2n) is 2.67. The summed E-state index contributed by atoms with van der Waals surface area (Å²) >= 11 is 0. The van der Waals surface area contributed by atoms with Gasteiger partial charge in [0.25, 0.3) is 0 Å². The highest BCUT2D eigenvalue weighted by atomic mass is 14.9. The first kappa shape index (κ1) is 7.03. The fourth-order valence-corrected chi connectivity index (χ4v) is 1.24. The predicted octanol–water partition coefficient (Wildman–Crippen LogP) is 0.205. The molecule has 2 heteroatoms. The zero-order valence-electron chi connectivity index (χ0n) is 6.11. The second kappa shape index (κ2) is 3.85. The quantitative estimate of drug-likeness (QED) is 0.567. The van der Waals surface area contributed by atoms with E-state index in [0.717, 1.165) is 12.5 Å². The van der Waals surface area contributed by atoms with Gasteiger partial charge in [-0.3, -0.25) is 0 Å². The molecule has 1 fully saturated rings. The molecule has 0 saturated carbocycles. The molecule has 0 aromatic heterocycles. The average molecular weight is 128 g/mol. The van der Waals surface area contributed by atoms with Crippen molar-refractivity contribution in [3.63, 3.8) is 0 Å². The Bertz CT molecular complexity index is 67.3. The topological polar surface area (TPSA) is 24.1 Å². The van der Waals surface area contributed by atoms with E-state index in [1.165, 1.54) is 26.1 Å². The summed E-state index contributed by atoms with van der Waals surface area (Å²) in [5.74, 6) is 0.893. The molecular formula is C7H16N2. The molecule has 1 aliphatic rings. The number of nitrogens with one attached hydrogen (secondary N) is 2. The fraction of sp³-hybridized carbons (Fsp3) is 1.00. The normalized spacial score (nSPS) is 27.0. The third kappa shape index (κ3) is 2.33. The summed E-state index contributed by atoms with van der Waals surface area (Å²) in [5.41, 5.74) is 0. The zero-order valence-corrected chi connectivity index (χ0v) is 6.11. The van der Waals surface area contributed by atoms with E-state index in [0.29, 0.717) is 0 Å². The van der Waals surface area contributed by atoms with Crippen molar-refractivity contribution in [2.75, 3.05) is 26.2 Å². The van der Waals surface area contributed by atoms with Crippen molar-refractivity contribution in [2.24, 2.45) is 5.92 Å². The van der Waals surface area contributed by atoms with Gasteiger partial charge in [0.2, 0.25) is 0 Å². The van der Waals surface area contributed by atoms with Crippen LogP contribution in [0, 0.1) is 5.92 Å². The largest absolute Gasteiger partial charge is 0.317 e. The lowest BCUT2D eigenvalue weighted by atomic mass is 10.1. The third-order valence-electron chi connectivity index (χ3n) is 1.85. The molecule has 54 valence electrons. The van der Waals surface area contributed by atoms with Crippen LogP contribution in [0.1, 0.15) is 13.3 Å². The molecule has 0 bridgehead atoms. The summed E-state index contributed by atoms with van der Waals surface area (Å²) < 4.78 is 0. The van der Waals surface area contributed by atoms with E-state index < -0.39 is 0 Å². The van der Waals surface area contributed by atoms with Gasteiger partial charge >= 0.3 is 0 Å². The van der Waals surface area contributed by atoms with Crippen molar-refractivity contribution >= 4 is 0 Å². The van der Waals surface area contributed by atoms with Gasteiger partial charge in [0, 0.05) is 0 Å². The van der Waals surface area contributed by atoms with Gasteiger partial charge in [0.05, 0.1) is 0 Å². The predicted molar refractivity (Wildman–Crippen MR) is 39.5 cm³/mol. The van der Waals surface area contributed by atoms with Crippen LogP contribution in [0.3, 0.4) is 0 Å². The van der Waals surface area contributed by atoms with E-state index in [2.05, 4.69) is 17.6 Å². The van der Waals surface area contributed by atoms with E-state index in [9.17, 15) is 0 Å². The minimum Gasteiger partial charge on any atom is -0.317 e. The van der Waals surface area contributed by atoms with Gasteiger partial charge in [-0.05, 0) is 38.5 Å². The van der Waals surface area contributed by atoms with Crippen LogP contribution < -0.4 is 10.6 Å².